The van der Waals surface area contributed by atoms with Gasteiger partial charge in [-0.25, -0.2) is 0 Å². The number of hydrogen-bond acceptors (Lipinski definition) is 2. The van der Waals surface area contributed by atoms with Crippen molar-refractivity contribution in [2.45, 2.75) is 40.0 Å². The first-order valence-electron chi connectivity index (χ1n) is 8.30. The van der Waals surface area contributed by atoms with E-state index < -0.39 is 11.9 Å². The number of carbonyl (C=O) groups excluding carboxylic acids is 1. The van der Waals surface area contributed by atoms with Gasteiger partial charge >= 0.3 is 5.97 Å². The van der Waals surface area contributed by atoms with E-state index in [1.807, 2.05) is 37.3 Å². The van der Waals surface area contributed by atoms with Crippen LogP contribution in [0.25, 0.3) is 0 Å². The fourth-order valence-corrected chi connectivity index (χ4v) is 4.42. The van der Waals surface area contributed by atoms with E-state index in [0.29, 0.717) is 6.42 Å². The lowest BCUT2D eigenvalue weighted by Crippen LogP contribution is -2.32. The van der Waals surface area contributed by atoms with Crippen LogP contribution in [-0.4, -0.2) is 16.9 Å². The Labute approximate surface area is 137 Å². The van der Waals surface area contributed by atoms with Crippen LogP contribution in [0.4, 0.5) is 0 Å². The molecule has 3 rings (SSSR count). The number of carboxylic acid groups (broad SMARTS) is 1. The number of fused-ring (bicyclic) bond motifs is 2. The van der Waals surface area contributed by atoms with Gasteiger partial charge in [-0.05, 0) is 41.7 Å². The molecule has 0 unspecified atom stereocenters. The molecule has 2 aliphatic rings. The molecule has 23 heavy (non-hydrogen) atoms. The molecule has 3 nitrogen and oxygen atoms in total. The van der Waals surface area contributed by atoms with Crippen LogP contribution < -0.4 is 0 Å². The first kappa shape index (κ1) is 16.0. The van der Waals surface area contributed by atoms with Gasteiger partial charge in [0.1, 0.15) is 0 Å². The summed E-state index contributed by atoms with van der Waals surface area (Å²) >= 11 is 0. The molecule has 3 atom stereocenters. The van der Waals surface area contributed by atoms with Crippen molar-refractivity contribution < 1.29 is 14.7 Å². The summed E-state index contributed by atoms with van der Waals surface area (Å²) in [4.78, 5) is 24.5. The molecular formula is C20H24O3. The summed E-state index contributed by atoms with van der Waals surface area (Å²) in [6.45, 7) is 6.34. The van der Waals surface area contributed by atoms with E-state index in [9.17, 15) is 14.7 Å². The van der Waals surface area contributed by atoms with Gasteiger partial charge in [0.15, 0.2) is 5.78 Å². The van der Waals surface area contributed by atoms with Crippen molar-refractivity contribution in [3.63, 3.8) is 0 Å². The van der Waals surface area contributed by atoms with E-state index in [2.05, 4.69) is 13.8 Å². The second kappa shape index (κ2) is 5.33. The van der Waals surface area contributed by atoms with E-state index in [1.54, 1.807) is 6.08 Å². The molecule has 0 saturated heterocycles. The lowest BCUT2D eigenvalue weighted by molar-refractivity contribution is -0.140. The van der Waals surface area contributed by atoms with Crippen molar-refractivity contribution in [1.29, 1.82) is 0 Å². The monoisotopic (exact) mass is 312 g/mol. The number of Topliss-reactive ketones (excluding diaryl/α,β-unsaturated/α-hetero) is 1. The highest BCUT2D eigenvalue weighted by atomic mass is 16.4. The van der Waals surface area contributed by atoms with Gasteiger partial charge in [-0.15, -0.1) is 0 Å². The minimum absolute atomic E-state index is 0.0777. The molecule has 0 amide bonds. The van der Waals surface area contributed by atoms with Crippen molar-refractivity contribution in [1.82, 2.24) is 0 Å². The Bertz CT molecular complexity index is 671. The number of hydrogen-bond donors (Lipinski definition) is 1. The average molecular weight is 312 g/mol. The molecular weight excluding hydrogens is 288 g/mol. The summed E-state index contributed by atoms with van der Waals surface area (Å²) in [5.41, 5.74) is 1.33. The Morgan fingerprint density at radius 1 is 1.30 bits per heavy atom. The van der Waals surface area contributed by atoms with Gasteiger partial charge < -0.3 is 5.11 Å². The number of carbonyl (C=O) groups is 2. The largest absolute Gasteiger partial charge is 0.481 e. The van der Waals surface area contributed by atoms with E-state index in [4.69, 9.17) is 0 Å². The third-order valence-corrected chi connectivity index (χ3v) is 6.36. The lowest BCUT2D eigenvalue weighted by Gasteiger charge is -2.31. The fourth-order valence-electron chi connectivity index (χ4n) is 4.42. The smallest absolute Gasteiger partial charge is 0.310 e. The molecule has 0 radical (unpaired) electrons. The molecule has 1 aromatic carbocycles. The summed E-state index contributed by atoms with van der Waals surface area (Å²) in [6, 6.07) is 9.60. The van der Waals surface area contributed by atoms with E-state index >= 15 is 0 Å². The molecule has 2 saturated carbocycles. The van der Waals surface area contributed by atoms with Gasteiger partial charge in [-0.1, -0.05) is 57.2 Å². The SMILES string of the molecule is CC1(C)[C@H]2CC[C@]1(C)C(=O)/C2=C\[C@H](Cc1ccccc1)C(=O)O. The number of carboxylic acids is 1. The Hall–Kier alpha value is -1.90. The summed E-state index contributed by atoms with van der Waals surface area (Å²) in [5.74, 6) is -1.15. The van der Waals surface area contributed by atoms with Crippen LogP contribution in [-0.2, 0) is 16.0 Å². The number of allylic oxidation sites excluding steroid dienone is 1. The Morgan fingerprint density at radius 2 is 1.96 bits per heavy atom. The van der Waals surface area contributed by atoms with Gasteiger partial charge in [-0.3, -0.25) is 9.59 Å². The maximum Gasteiger partial charge on any atom is 0.310 e. The number of aliphatic carboxylic acids is 1. The topological polar surface area (TPSA) is 54.4 Å². The van der Waals surface area contributed by atoms with E-state index in [1.165, 1.54) is 0 Å². The first-order valence-corrected chi connectivity index (χ1v) is 8.30. The molecule has 0 aromatic heterocycles. The zero-order chi connectivity index (χ0) is 16.8. The third-order valence-electron chi connectivity index (χ3n) is 6.36. The maximum absolute atomic E-state index is 12.9. The average Bonchev–Trinajstić information content (AvgIpc) is 2.81. The number of rotatable bonds is 4. The van der Waals surface area contributed by atoms with Crippen LogP contribution in [0.3, 0.4) is 0 Å². The molecule has 0 aliphatic heterocycles. The van der Waals surface area contributed by atoms with Crippen LogP contribution in [0.5, 0.6) is 0 Å². The highest BCUT2D eigenvalue weighted by molar-refractivity contribution is 6.05. The predicted octanol–water partition coefficient (Wildman–Crippen LogP) is 3.88. The minimum Gasteiger partial charge on any atom is -0.481 e. The van der Waals surface area contributed by atoms with Crippen molar-refractivity contribution >= 4 is 11.8 Å². The van der Waals surface area contributed by atoms with Crippen molar-refractivity contribution in [2.24, 2.45) is 22.7 Å². The summed E-state index contributed by atoms with van der Waals surface area (Å²) < 4.78 is 0. The van der Waals surface area contributed by atoms with E-state index in [0.717, 1.165) is 24.0 Å². The van der Waals surface area contributed by atoms with Gasteiger partial charge in [0, 0.05) is 5.41 Å². The Kier molecular flexibility index (Phi) is 3.70. The second-order valence-electron chi connectivity index (χ2n) is 7.73. The van der Waals surface area contributed by atoms with Gasteiger partial charge in [-0.2, -0.15) is 0 Å². The molecule has 2 fully saturated rings. The van der Waals surface area contributed by atoms with Crippen LogP contribution in [0.15, 0.2) is 42.0 Å². The van der Waals surface area contributed by atoms with Crippen LogP contribution in [0.2, 0.25) is 0 Å². The zero-order valence-corrected chi connectivity index (χ0v) is 14.0. The molecule has 1 aromatic rings. The molecule has 2 bridgehead atoms. The Balaban J connectivity index is 1.93. The predicted molar refractivity (Wildman–Crippen MR) is 89.0 cm³/mol. The molecule has 0 heterocycles. The summed E-state index contributed by atoms with van der Waals surface area (Å²) in [5, 5.41) is 9.59. The van der Waals surface area contributed by atoms with Crippen LogP contribution in [0, 0.1) is 22.7 Å². The highest BCUT2D eigenvalue weighted by Crippen LogP contribution is 2.65. The second-order valence-corrected chi connectivity index (χ2v) is 7.73. The standard InChI is InChI=1S/C20H24O3/c1-19(2)16-9-10-20(19,3)17(21)15(16)12-14(18(22)23)11-13-7-5-4-6-8-13/h4-8,12,14,16H,9-11H2,1-3H3,(H,22,23)/b15-12-/t14-,16-,20+/m0/s1. The molecule has 1 N–H and O–H groups in total. The van der Waals surface area contributed by atoms with Crippen molar-refractivity contribution in [3.8, 4) is 0 Å². The van der Waals surface area contributed by atoms with E-state index in [-0.39, 0.29) is 22.5 Å². The van der Waals surface area contributed by atoms with Crippen LogP contribution in [0.1, 0.15) is 39.2 Å². The zero-order valence-electron chi connectivity index (χ0n) is 14.0. The summed E-state index contributed by atoms with van der Waals surface area (Å²) in [6.07, 6.45) is 4.07. The van der Waals surface area contributed by atoms with Gasteiger partial charge in [0.2, 0.25) is 0 Å². The van der Waals surface area contributed by atoms with Gasteiger partial charge in [0.25, 0.3) is 0 Å². The number of benzene rings is 1. The summed E-state index contributed by atoms with van der Waals surface area (Å²) in [7, 11) is 0. The minimum atomic E-state index is -0.861. The third kappa shape index (κ3) is 2.34. The lowest BCUT2D eigenvalue weighted by atomic mass is 9.70. The number of ketones is 1. The molecule has 122 valence electrons. The highest BCUT2D eigenvalue weighted by Gasteiger charge is 2.63. The molecule has 3 heteroatoms. The normalized spacial score (nSPS) is 31.5. The molecule has 2 aliphatic carbocycles. The van der Waals surface area contributed by atoms with Gasteiger partial charge in [0.05, 0.1) is 5.92 Å². The van der Waals surface area contributed by atoms with Crippen molar-refractivity contribution in [3.05, 3.63) is 47.5 Å². The Morgan fingerprint density at radius 3 is 2.48 bits per heavy atom. The first-order chi connectivity index (χ1) is 10.8. The quantitative estimate of drug-likeness (QED) is 0.858. The maximum atomic E-state index is 12.9. The van der Waals surface area contributed by atoms with Crippen LogP contribution >= 0.6 is 0 Å². The molecule has 0 spiro atoms. The van der Waals surface area contributed by atoms with Crippen molar-refractivity contribution in [2.75, 3.05) is 0 Å². The fraction of sp³-hybridized carbons (Fsp3) is 0.500.